The molecule has 0 aliphatic carbocycles. The highest BCUT2D eigenvalue weighted by Gasteiger charge is 2.37. The summed E-state index contributed by atoms with van der Waals surface area (Å²) in [6.07, 6.45) is 0. The van der Waals surface area contributed by atoms with Gasteiger partial charge in [0.05, 0.1) is 12.0 Å². The van der Waals surface area contributed by atoms with Crippen molar-refractivity contribution < 1.29 is 22.3 Å². The normalized spacial score (nSPS) is 16.7. The van der Waals surface area contributed by atoms with Gasteiger partial charge in [-0.1, -0.05) is 18.2 Å². The van der Waals surface area contributed by atoms with Crippen LogP contribution in [0, 0.1) is 5.82 Å². The Morgan fingerprint density at radius 2 is 1.77 bits per heavy atom. The zero-order valence-corrected chi connectivity index (χ0v) is 17.3. The van der Waals surface area contributed by atoms with Crippen LogP contribution in [0.1, 0.15) is 5.56 Å². The number of nitrogens with one attached hydrogen (secondary N) is 1. The predicted octanol–water partition coefficient (Wildman–Crippen LogP) is 2.36. The van der Waals surface area contributed by atoms with Crippen LogP contribution in [-0.2, 0) is 16.6 Å². The fourth-order valence-corrected chi connectivity index (χ4v) is 5.17. The third-order valence-electron chi connectivity index (χ3n) is 5.30. The average molecular weight is 431 g/mol. The summed E-state index contributed by atoms with van der Waals surface area (Å²) >= 11 is 0. The SMILES string of the molecule is COc1cccc(CNC(=O)N2CC3=C(C2)CN(S(=O)(=O)c2cccc(F)c2)C3)c1. The van der Waals surface area contributed by atoms with Gasteiger partial charge < -0.3 is 15.0 Å². The van der Waals surface area contributed by atoms with E-state index in [1.807, 2.05) is 24.3 Å². The highest BCUT2D eigenvalue weighted by Crippen LogP contribution is 2.30. The lowest BCUT2D eigenvalue weighted by molar-refractivity contribution is 0.208. The number of halogens is 1. The van der Waals surface area contributed by atoms with Crippen LogP contribution in [-0.4, -0.2) is 56.9 Å². The van der Waals surface area contributed by atoms with Gasteiger partial charge in [-0.25, -0.2) is 17.6 Å². The third kappa shape index (κ3) is 4.03. The van der Waals surface area contributed by atoms with Crippen molar-refractivity contribution in [2.75, 3.05) is 33.3 Å². The molecule has 0 spiro atoms. The molecule has 4 rings (SSSR count). The summed E-state index contributed by atoms with van der Waals surface area (Å²) in [6, 6.07) is 12.3. The van der Waals surface area contributed by atoms with Gasteiger partial charge >= 0.3 is 6.03 Å². The van der Waals surface area contributed by atoms with Gasteiger partial charge in [0.15, 0.2) is 0 Å². The highest BCUT2D eigenvalue weighted by atomic mass is 32.2. The van der Waals surface area contributed by atoms with Gasteiger partial charge in [0.2, 0.25) is 10.0 Å². The maximum absolute atomic E-state index is 13.4. The molecule has 2 heterocycles. The van der Waals surface area contributed by atoms with Gasteiger partial charge in [0.25, 0.3) is 0 Å². The van der Waals surface area contributed by atoms with Crippen molar-refractivity contribution in [3.63, 3.8) is 0 Å². The molecule has 2 aliphatic heterocycles. The van der Waals surface area contributed by atoms with Gasteiger partial charge in [-0.15, -0.1) is 0 Å². The Balaban J connectivity index is 1.33. The van der Waals surface area contributed by atoms with Crippen molar-refractivity contribution >= 4 is 16.1 Å². The van der Waals surface area contributed by atoms with E-state index in [0.717, 1.165) is 28.5 Å². The first kappa shape index (κ1) is 20.4. The second kappa shape index (κ2) is 8.08. The van der Waals surface area contributed by atoms with Crippen LogP contribution in [0.5, 0.6) is 5.75 Å². The lowest BCUT2D eigenvalue weighted by Gasteiger charge is -2.23. The van der Waals surface area contributed by atoms with E-state index in [-0.39, 0.29) is 24.0 Å². The molecule has 7 nitrogen and oxygen atoms in total. The topological polar surface area (TPSA) is 79.0 Å². The quantitative estimate of drug-likeness (QED) is 0.738. The molecule has 0 saturated heterocycles. The second-order valence-electron chi connectivity index (χ2n) is 7.30. The van der Waals surface area contributed by atoms with Gasteiger partial charge in [-0.3, -0.25) is 0 Å². The maximum atomic E-state index is 13.4. The minimum Gasteiger partial charge on any atom is -0.497 e. The predicted molar refractivity (Wildman–Crippen MR) is 109 cm³/mol. The summed E-state index contributed by atoms with van der Waals surface area (Å²) in [4.78, 5) is 14.1. The summed E-state index contributed by atoms with van der Waals surface area (Å²) < 4.78 is 45.5. The van der Waals surface area contributed by atoms with Gasteiger partial charge in [0.1, 0.15) is 11.6 Å². The number of benzene rings is 2. The standard InChI is InChI=1S/C21H22FN3O4S/c1-29-19-6-2-4-15(8-19)10-23-21(26)24-11-16-13-25(14-17(16)12-24)30(27,28)20-7-3-5-18(22)9-20/h2-9H,10-14H2,1H3,(H,23,26). The number of urea groups is 1. The van der Waals surface area contributed by atoms with Crippen LogP contribution in [0.3, 0.4) is 0 Å². The fourth-order valence-electron chi connectivity index (χ4n) is 3.71. The number of hydrogen-bond acceptors (Lipinski definition) is 4. The summed E-state index contributed by atoms with van der Waals surface area (Å²) in [5.41, 5.74) is 2.77. The zero-order valence-electron chi connectivity index (χ0n) is 16.5. The third-order valence-corrected chi connectivity index (χ3v) is 7.08. The molecular formula is C21H22FN3O4S. The van der Waals surface area contributed by atoms with E-state index in [1.54, 1.807) is 12.0 Å². The maximum Gasteiger partial charge on any atom is 0.318 e. The smallest absolute Gasteiger partial charge is 0.318 e. The number of carbonyl (C=O) groups excluding carboxylic acids is 1. The van der Waals surface area contributed by atoms with Crippen molar-refractivity contribution in [2.45, 2.75) is 11.4 Å². The summed E-state index contributed by atoms with van der Waals surface area (Å²) in [7, 11) is -2.18. The van der Waals surface area contributed by atoms with E-state index in [9.17, 15) is 17.6 Å². The Kier molecular flexibility index (Phi) is 5.48. The zero-order chi connectivity index (χ0) is 21.3. The molecule has 158 valence electrons. The van der Waals surface area contributed by atoms with E-state index in [4.69, 9.17) is 4.74 Å². The molecule has 30 heavy (non-hydrogen) atoms. The van der Waals surface area contributed by atoms with Gasteiger partial charge in [-0.2, -0.15) is 4.31 Å². The number of rotatable bonds is 5. The molecule has 0 bridgehead atoms. The van der Waals surface area contributed by atoms with E-state index in [2.05, 4.69) is 5.32 Å². The molecule has 0 atom stereocenters. The Hall–Kier alpha value is -2.91. The number of nitrogens with zero attached hydrogens (tertiary/aromatic N) is 2. The minimum absolute atomic E-state index is 0.0587. The van der Waals surface area contributed by atoms with Crippen molar-refractivity contribution in [2.24, 2.45) is 0 Å². The van der Waals surface area contributed by atoms with Crippen molar-refractivity contribution in [3.05, 3.63) is 71.1 Å². The molecular weight excluding hydrogens is 409 g/mol. The van der Waals surface area contributed by atoms with Crippen LogP contribution in [0.4, 0.5) is 9.18 Å². The first-order valence-electron chi connectivity index (χ1n) is 9.48. The Morgan fingerprint density at radius 3 is 2.43 bits per heavy atom. The molecule has 2 aromatic rings. The number of sulfonamides is 1. The van der Waals surface area contributed by atoms with Crippen LogP contribution in [0.2, 0.25) is 0 Å². The van der Waals surface area contributed by atoms with Crippen LogP contribution in [0.15, 0.2) is 64.6 Å². The molecule has 0 fully saturated rings. The summed E-state index contributed by atoms with van der Waals surface area (Å²) in [5, 5.41) is 2.89. The number of methoxy groups -OCH3 is 1. The van der Waals surface area contributed by atoms with Crippen molar-refractivity contribution in [3.8, 4) is 5.75 Å². The minimum atomic E-state index is -3.77. The Labute approximate surface area is 174 Å². The fraction of sp³-hybridized carbons (Fsp3) is 0.286. The number of ether oxygens (including phenoxy) is 1. The van der Waals surface area contributed by atoms with E-state index >= 15 is 0 Å². The average Bonchev–Trinajstić information content (AvgIpc) is 3.32. The van der Waals surface area contributed by atoms with Crippen LogP contribution < -0.4 is 10.1 Å². The second-order valence-corrected chi connectivity index (χ2v) is 9.24. The van der Waals surface area contributed by atoms with E-state index < -0.39 is 15.8 Å². The Bertz CT molecular complexity index is 1100. The Morgan fingerprint density at radius 1 is 1.07 bits per heavy atom. The monoisotopic (exact) mass is 431 g/mol. The number of carbonyl (C=O) groups is 1. The molecule has 9 heteroatoms. The molecule has 0 saturated carbocycles. The summed E-state index contributed by atoms with van der Waals surface area (Å²) in [5.74, 6) is 0.137. The van der Waals surface area contributed by atoms with Gasteiger partial charge in [0, 0.05) is 32.7 Å². The lowest BCUT2D eigenvalue weighted by Crippen LogP contribution is -2.41. The largest absolute Gasteiger partial charge is 0.497 e. The molecule has 0 radical (unpaired) electrons. The molecule has 1 N–H and O–H groups in total. The number of amides is 2. The van der Waals surface area contributed by atoms with Gasteiger partial charge in [-0.05, 0) is 47.0 Å². The molecule has 0 aromatic heterocycles. The first-order valence-corrected chi connectivity index (χ1v) is 10.9. The summed E-state index contributed by atoms with van der Waals surface area (Å²) in [6.45, 7) is 1.57. The molecule has 0 unspecified atom stereocenters. The van der Waals surface area contributed by atoms with Crippen LogP contribution in [0.25, 0.3) is 0 Å². The highest BCUT2D eigenvalue weighted by molar-refractivity contribution is 7.89. The van der Waals surface area contributed by atoms with Crippen molar-refractivity contribution in [1.29, 1.82) is 0 Å². The molecule has 2 aromatic carbocycles. The van der Waals surface area contributed by atoms with Crippen molar-refractivity contribution in [1.82, 2.24) is 14.5 Å². The van der Waals surface area contributed by atoms with E-state index in [0.29, 0.717) is 19.6 Å². The first-order chi connectivity index (χ1) is 14.4. The number of hydrogen-bond donors (Lipinski definition) is 1. The lowest BCUT2D eigenvalue weighted by atomic mass is 10.2. The van der Waals surface area contributed by atoms with Crippen LogP contribution >= 0.6 is 0 Å². The van der Waals surface area contributed by atoms with E-state index in [1.165, 1.54) is 22.5 Å². The molecule has 2 aliphatic rings. The molecule has 2 amide bonds.